The number of nitrogens with zero attached hydrogens (tertiary/aromatic N) is 3. The first kappa shape index (κ1) is 59.2. The van der Waals surface area contributed by atoms with Crippen LogP contribution in [0.15, 0.2) is 146 Å². The Morgan fingerprint density at radius 1 is 0.635 bits per heavy atom. The van der Waals surface area contributed by atoms with E-state index in [-0.39, 0.29) is 162 Å². The van der Waals surface area contributed by atoms with Gasteiger partial charge in [-0.1, -0.05) is 30.3 Å². The Morgan fingerprint density at radius 3 is 1.32 bits per heavy atom. The number of ketones is 1. The van der Waals surface area contributed by atoms with Crippen molar-refractivity contribution in [3.8, 4) is 33.8 Å². The van der Waals surface area contributed by atoms with E-state index in [1.807, 2.05) is 95.1 Å². The molecule has 15 heteroatoms. The summed E-state index contributed by atoms with van der Waals surface area (Å²) in [7, 11) is 0. The van der Waals surface area contributed by atoms with Crippen molar-refractivity contribution in [2.45, 2.75) is 34.6 Å². The second kappa shape index (κ2) is 31.2. The van der Waals surface area contributed by atoms with Gasteiger partial charge in [0.25, 0.3) is 6.47 Å². The van der Waals surface area contributed by atoms with Crippen molar-refractivity contribution in [1.29, 1.82) is 0 Å². The van der Waals surface area contributed by atoms with Crippen LogP contribution >= 0.6 is 34.0 Å². The van der Waals surface area contributed by atoms with Gasteiger partial charge in [0.2, 0.25) is 0 Å². The van der Waals surface area contributed by atoms with Gasteiger partial charge in [0.1, 0.15) is 0 Å². The van der Waals surface area contributed by atoms with Crippen LogP contribution in [0.3, 0.4) is 0 Å². The number of pyridine rings is 3. The third kappa shape index (κ3) is 18.4. The molecule has 0 unspecified atom stereocenters. The summed E-state index contributed by atoms with van der Waals surface area (Å²) in [5.74, 6) is -0.0625. The maximum absolute atomic E-state index is 10.0. The Balaban J connectivity index is 0.000000807. The molecule has 6 aromatic heterocycles. The molecule has 63 heavy (non-hydrogen) atoms. The van der Waals surface area contributed by atoms with Crippen LogP contribution in [0.4, 0.5) is 0 Å². The summed E-state index contributed by atoms with van der Waals surface area (Å²) in [4.78, 5) is 38.7. The zero-order valence-corrected chi connectivity index (χ0v) is 49.2. The van der Waals surface area contributed by atoms with E-state index >= 15 is 0 Å². The van der Waals surface area contributed by atoms with E-state index < -0.39 is 0 Å². The average molecular weight is 1300 g/mol. The van der Waals surface area contributed by atoms with E-state index in [0.717, 1.165) is 28.2 Å². The zero-order valence-electron chi connectivity index (χ0n) is 36.7. The number of hydrogen-bond acceptors (Lipinski definition) is 11. The first-order chi connectivity index (χ1) is 28.6. The number of allylic oxidation sites excluding steroid dienone is 2. The van der Waals surface area contributed by atoms with Crippen molar-refractivity contribution in [2.24, 2.45) is 0 Å². The van der Waals surface area contributed by atoms with Gasteiger partial charge in [-0.05, 0) is 93.2 Å². The minimum Gasteiger partial charge on any atom is -1.00 e. The summed E-state index contributed by atoms with van der Waals surface area (Å²) in [6.45, 7) is 9.06. The Hall–Kier alpha value is -1.80. The van der Waals surface area contributed by atoms with Gasteiger partial charge in [0.05, 0.1) is 11.5 Å². The van der Waals surface area contributed by atoms with Crippen LogP contribution < -0.4 is 108 Å². The van der Waals surface area contributed by atoms with Crippen LogP contribution in [0.2, 0.25) is 0 Å². The number of fused-ring (bicyclic) bond motifs is 3. The Kier molecular flexibility index (Phi) is 29.4. The van der Waals surface area contributed by atoms with Crippen molar-refractivity contribution in [3.05, 3.63) is 172 Å². The number of carbonyl (C=O) groups excluding carboxylic acids is 2. The molecule has 6 heterocycles. The zero-order chi connectivity index (χ0) is 42.1. The molecule has 0 atom stereocenters. The van der Waals surface area contributed by atoms with Gasteiger partial charge in [-0.15, -0.1) is 106 Å². The van der Waals surface area contributed by atoms with Crippen molar-refractivity contribution in [3.63, 3.8) is 0 Å². The SMILES string of the molecule is CC(=O)C=C(C)O.Cc1cc2c(-c3[c-]cccc3)nccc2s1.Cc1cc2c(-c3[c-]cccc3)nccc2s1.Cc1cc2c(-c3ccccc3)nccc2s1.O=CO[O-].[H-].[Ir].[Ir].[K+].[K+]. The summed E-state index contributed by atoms with van der Waals surface area (Å²) < 4.78 is 3.89. The molecule has 0 aliphatic heterocycles. The van der Waals surface area contributed by atoms with E-state index in [1.54, 1.807) is 0 Å². The van der Waals surface area contributed by atoms with E-state index in [4.69, 9.17) is 15.2 Å². The van der Waals surface area contributed by atoms with Crippen molar-refractivity contribution >= 4 is 76.5 Å². The van der Waals surface area contributed by atoms with E-state index in [0.29, 0.717) is 0 Å². The Labute approximate surface area is 493 Å². The molecule has 0 fully saturated rings. The summed E-state index contributed by atoms with van der Waals surface area (Å²) in [5.41, 5.74) is 6.45. The number of aliphatic hydroxyl groups excluding tert-OH is 1. The standard InChI is InChI=1S/C14H11NS.2C14H10NS.C5H8O2.CH2O3.2Ir.2K.H/c3*1-10-9-12-13(16-10)7-8-15-14(12)11-5-3-2-4-6-11;1-4(6)3-5(2)7;2-1-4-3;;;;;/h2-9H,1H3;2*2-5,7-9H,1H3;3,6H,1-2H3;1,3H;;;;;/q;2*-1;;;;;2*+1;-1/p-1. The Bertz CT molecular complexity index is 2520. The van der Waals surface area contributed by atoms with Crippen LogP contribution in [-0.4, -0.2) is 32.3 Å². The summed E-state index contributed by atoms with van der Waals surface area (Å²) in [5, 5.41) is 20.5. The molecule has 9 aromatic rings. The van der Waals surface area contributed by atoms with Crippen LogP contribution in [0.5, 0.6) is 0 Å². The molecule has 318 valence electrons. The number of aliphatic hydroxyl groups is 1. The van der Waals surface area contributed by atoms with Gasteiger partial charge in [0, 0.05) is 105 Å². The molecule has 0 bridgehead atoms. The summed E-state index contributed by atoms with van der Waals surface area (Å²) >= 11 is 5.44. The second-order valence-corrected chi connectivity index (χ2v) is 16.7. The fourth-order valence-corrected chi connectivity index (χ4v) is 8.66. The fourth-order valence-electron chi connectivity index (χ4n) is 5.90. The quantitative estimate of drug-likeness (QED) is 0.0424. The molecule has 0 saturated carbocycles. The molecular formula is C48H41Ir2K2N3O5S3-2. The number of thiophene rings is 3. The smallest absolute Gasteiger partial charge is 1.00 e. The van der Waals surface area contributed by atoms with Crippen molar-refractivity contribution in [1.82, 2.24) is 15.0 Å². The molecule has 0 amide bonds. The van der Waals surface area contributed by atoms with Gasteiger partial charge < -0.3 is 26.6 Å². The molecule has 8 nitrogen and oxygen atoms in total. The molecule has 3 aromatic carbocycles. The third-order valence-corrected chi connectivity index (χ3v) is 11.2. The maximum atomic E-state index is 10.0. The van der Waals surface area contributed by atoms with Crippen LogP contribution in [-0.2, 0) is 54.7 Å². The second-order valence-electron chi connectivity index (χ2n) is 12.8. The summed E-state index contributed by atoms with van der Waals surface area (Å²) in [6, 6.07) is 45.6. The van der Waals surface area contributed by atoms with E-state index in [1.165, 1.54) is 70.4 Å². The third-order valence-electron chi connectivity index (χ3n) is 8.13. The van der Waals surface area contributed by atoms with E-state index in [9.17, 15) is 4.79 Å². The van der Waals surface area contributed by atoms with Crippen LogP contribution in [0.25, 0.3) is 64.0 Å². The molecule has 1 N–H and O–H groups in total. The van der Waals surface area contributed by atoms with Crippen molar-refractivity contribution < 1.29 is 169 Å². The van der Waals surface area contributed by atoms with Crippen LogP contribution in [0.1, 0.15) is 29.9 Å². The monoisotopic (exact) mass is 1300 g/mol. The van der Waals surface area contributed by atoms with Gasteiger partial charge in [-0.25, -0.2) is 0 Å². The normalized spacial score (nSPS) is 9.84. The number of carbonyl (C=O) groups is 2. The number of hydrogen-bond donors (Lipinski definition) is 1. The first-order valence-electron chi connectivity index (χ1n) is 18.2. The first-order valence-corrected chi connectivity index (χ1v) is 20.7. The number of rotatable bonds is 5. The van der Waals surface area contributed by atoms with E-state index in [2.05, 4.69) is 126 Å². The molecule has 2 radical (unpaired) electrons. The largest absolute Gasteiger partial charge is 1.00 e. The number of aryl methyl sites for hydroxylation is 3. The molecule has 0 spiro atoms. The number of benzene rings is 3. The topological polar surface area (TPSA) is 125 Å². The molecule has 0 aliphatic carbocycles. The molecule has 9 rings (SSSR count). The van der Waals surface area contributed by atoms with Crippen LogP contribution in [0, 0.1) is 32.9 Å². The molecular weight excluding hydrogens is 1260 g/mol. The summed E-state index contributed by atoms with van der Waals surface area (Å²) in [6.07, 6.45) is 6.80. The minimum atomic E-state index is -0.181. The molecule has 0 saturated heterocycles. The average Bonchev–Trinajstić information content (AvgIpc) is 3.95. The Morgan fingerprint density at radius 2 is 1.00 bits per heavy atom. The predicted molar refractivity (Wildman–Crippen MR) is 242 cm³/mol. The maximum Gasteiger partial charge on any atom is 1.00 e. The van der Waals surface area contributed by atoms with Gasteiger partial charge in [-0.2, -0.15) is 0 Å². The fraction of sp³-hybridized carbons (Fsp3) is 0.104. The predicted octanol–water partition coefficient (Wildman–Crippen LogP) is 6.00. The number of aromatic nitrogens is 3. The van der Waals surface area contributed by atoms with Gasteiger partial charge in [-0.3, -0.25) is 14.6 Å². The minimum absolute atomic E-state index is 0. The molecule has 0 aliphatic rings. The van der Waals surface area contributed by atoms with Crippen molar-refractivity contribution in [2.75, 3.05) is 0 Å². The van der Waals surface area contributed by atoms with Gasteiger partial charge in [0.15, 0.2) is 5.78 Å². The van der Waals surface area contributed by atoms with Gasteiger partial charge >= 0.3 is 103 Å².